The Morgan fingerprint density at radius 2 is 0.848 bits per heavy atom. The van der Waals surface area contributed by atoms with Crippen molar-refractivity contribution in [3.8, 4) is 11.5 Å². The number of benzene rings is 2. The highest BCUT2D eigenvalue weighted by atomic mass is 31.2. The molecule has 0 amide bonds. The highest BCUT2D eigenvalue weighted by Gasteiger charge is 2.44. The molecule has 0 aromatic heterocycles. The number of hydrogen-bond donors (Lipinski definition) is 0. The van der Waals surface area contributed by atoms with Crippen LogP contribution in [0.1, 0.15) is 105 Å². The Morgan fingerprint density at radius 3 is 1.09 bits per heavy atom. The maximum Gasteiger partial charge on any atom is 0.546 e. The van der Waals surface area contributed by atoms with E-state index in [1.165, 1.54) is 17.8 Å². The maximum absolute atomic E-state index is 15.9. The molecule has 0 fully saturated rings. The van der Waals surface area contributed by atoms with E-state index in [-0.39, 0.29) is 21.7 Å². The summed E-state index contributed by atoms with van der Waals surface area (Å²) < 4.78 is 28.0. The standard InChI is InChI=1S/C29H45FO2P/c1-26(2,3)20-14-16-24(22(18-20)28(7,8)9)31-33(13,30)32-25-17-15-21(27(4,5)6)19-23(25)29(10,11)12/h14-19H,1-13H3/q+1. The largest absolute Gasteiger partial charge is 0.546 e. The van der Waals surface area contributed by atoms with Gasteiger partial charge < -0.3 is 0 Å². The van der Waals surface area contributed by atoms with E-state index in [1.807, 2.05) is 24.3 Å². The molecule has 2 rings (SSSR count). The highest BCUT2D eigenvalue weighted by Crippen LogP contribution is 2.60. The lowest BCUT2D eigenvalue weighted by molar-refractivity contribution is 0.397. The second kappa shape index (κ2) is 8.88. The molecule has 33 heavy (non-hydrogen) atoms. The molecule has 0 N–H and O–H groups in total. The minimum absolute atomic E-state index is 0.000396. The Morgan fingerprint density at radius 1 is 0.545 bits per heavy atom. The second-order valence-electron chi connectivity index (χ2n) is 13.4. The van der Waals surface area contributed by atoms with E-state index in [0.29, 0.717) is 11.5 Å². The van der Waals surface area contributed by atoms with Crippen LogP contribution in [0.5, 0.6) is 11.5 Å². The molecule has 0 spiro atoms. The van der Waals surface area contributed by atoms with Crippen LogP contribution in [-0.2, 0) is 21.7 Å². The van der Waals surface area contributed by atoms with Crippen LogP contribution in [0.2, 0.25) is 0 Å². The summed E-state index contributed by atoms with van der Waals surface area (Å²) >= 11 is 0. The van der Waals surface area contributed by atoms with Gasteiger partial charge in [0.05, 0.1) is 0 Å². The van der Waals surface area contributed by atoms with Gasteiger partial charge in [-0.25, -0.2) is 0 Å². The van der Waals surface area contributed by atoms with Gasteiger partial charge in [-0.1, -0.05) is 107 Å². The van der Waals surface area contributed by atoms with Crippen LogP contribution in [0.3, 0.4) is 0 Å². The van der Waals surface area contributed by atoms with Crippen LogP contribution in [0.25, 0.3) is 0 Å². The van der Waals surface area contributed by atoms with Crippen molar-refractivity contribution in [1.29, 1.82) is 0 Å². The first kappa shape index (κ1) is 27.6. The van der Waals surface area contributed by atoms with Gasteiger partial charge >= 0.3 is 8.03 Å². The molecule has 2 nitrogen and oxygen atoms in total. The summed E-state index contributed by atoms with van der Waals surface area (Å²) in [6.45, 7) is 27.3. The molecule has 0 heterocycles. The van der Waals surface area contributed by atoms with Gasteiger partial charge in [0, 0.05) is 15.3 Å². The first-order chi connectivity index (χ1) is 14.6. The predicted molar refractivity (Wildman–Crippen MR) is 143 cm³/mol. The predicted octanol–water partition coefficient (Wildman–Crippen LogP) is 9.70. The second-order valence-corrected chi connectivity index (χ2v) is 15.2. The van der Waals surface area contributed by atoms with Crippen molar-refractivity contribution >= 4 is 8.03 Å². The van der Waals surface area contributed by atoms with Crippen molar-refractivity contribution in [2.75, 3.05) is 6.66 Å². The Kier molecular flexibility index (Phi) is 7.44. The zero-order chi connectivity index (χ0) is 25.6. The van der Waals surface area contributed by atoms with Crippen LogP contribution in [0, 0.1) is 0 Å². The van der Waals surface area contributed by atoms with E-state index in [0.717, 1.165) is 11.1 Å². The summed E-state index contributed by atoms with van der Waals surface area (Å²) in [6, 6.07) is 12.2. The zero-order valence-electron chi connectivity index (χ0n) is 23.1. The molecule has 4 heteroatoms. The molecule has 0 aliphatic carbocycles. The molecule has 0 aliphatic rings. The van der Waals surface area contributed by atoms with Crippen molar-refractivity contribution in [1.82, 2.24) is 0 Å². The van der Waals surface area contributed by atoms with E-state index in [2.05, 4.69) is 95.2 Å². The van der Waals surface area contributed by atoms with E-state index in [4.69, 9.17) is 9.05 Å². The fraction of sp³-hybridized carbons (Fsp3) is 0.586. The molecule has 184 valence electrons. The summed E-state index contributed by atoms with van der Waals surface area (Å²) in [5, 5.41) is 0. The molecular formula is C29H45FO2P+. The summed E-state index contributed by atoms with van der Waals surface area (Å²) in [6.07, 6.45) is 0. The van der Waals surface area contributed by atoms with Crippen molar-refractivity contribution in [3.05, 3.63) is 58.7 Å². The lowest BCUT2D eigenvalue weighted by atomic mass is 9.80. The van der Waals surface area contributed by atoms with Gasteiger partial charge in [-0.3, -0.25) is 9.05 Å². The van der Waals surface area contributed by atoms with Crippen molar-refractivity contribution in [2.24, 2.45) is 0 Å². The van der Waals surface area contributed by atoms with Crippen LogP contribution >= 0.6 is 8.03 Å². The molecule has 0 bridgehead atoms. The van der Waals surface area contributed by atoms with Crippen LogP contribution < -0.4 is 9.05 Å². The Bertz CT molecular complexity index is 901. The number of halogens is 1. The van der Waals surface area contributed by atoms with Crippen LogP contribution in [-0.4, -0.2) is 6.66 Å². The summed E-state index contributed by atoms with van der Waals surface area (Å²) in [5.41, 5.74) is 3.99. The lowest BCUT2D eigenvalue weighted by Gasteiger charge is -2.28. The minimum Gasteiger partial charge on any atom is -0.274 e. The SMILES string of the molecule is CC(C)(C)c1ccc(O[P+](C)(F)Oc2ccc(C(C)(C)C)cc2C(C)(C)C)c(C(C)(C)C)c1. The average molecular weight is 476 g/mol. The smallest absolute Gasteiger partial charge is 0.274 e. The van der Waals surface area contributed by atoms with Crippen LogP contribution in [0.4, 0.5) is 4.20 Å². The molecule has 0 radical (unpaired) electrons. The van der Waals surface area contributed by atoms with Gasteiger partial charge in [0.1, 0.15) is 0 Å². The average Bonchev–Trinajstić information content (AvgIpc) is 2.57. The third kappa shape index (κ3) is 7.19. The van der Waals surface area contributed by atoms with Gasteiger partial charge in [0.25, 0.3) is 0 Å². The van der Waals surface area contributed by atoms with E-state index < -0.39 is 8.03 Å². The fourth-order valence-electron chi connectivity index (χ4n) is 3.69. The van der Waals surface area contributed by atoms with Gasteiger partial charge in [-0.2, -0.15) is 0 Å². The molecule has 0 saturated heterocycles. The summed E-state index contributed by atoms with van der Waals surface area (Å²) in [7, 11) is -3.69. The highest BCUT2D eigenvalue weighted by molar-refractivity contribution is 7.61. The monoisotopic (exact) mass is 475 g/mol. The first-order valence-electron chi connectivity index (χ1n) is 11.9. The molecule has 0 atom stereocenters. The van der Waals surface area contributed by atoms with E-state index in [1.54, 1.807) is 0 Å². The minimum atomic E-state index is -3.69. The van der Waals surface area contributed by atoms with Crippen LogP contribution in [0.15, 0.2) is 36.4 Å². The molecule has 2 aromatic carbocycles. The molecule has 2 aromatic rings. The summed E-state index contributed by atoms with van der Waals surface area (Å²) in [4.78, 5) is 0. The third-order valence-corrected chi connectivity index (χ3v) is 6.88. The van der Waals surface area contributed by atoms with Gasteiger partial charge in [0.2, 0.25) is 0 Å². The quantitative estimate of drug-likeness (QED) is 0.410. The van der Waals surface area contributed by atoms with Gasteiger partial charge in [-0.05, 0) is 44.9 Å². The molecule has 0 aliphatic heterocycles. The Balaban J connectivity index is 2.47. The zero-order valence-corrected chi connectivity index (χ0v) is 24.0. The topological polar surface area (TPSA) is 18.5 Å². The Labute approximate surface area is 202 Å². The van der Waals surface area contributed by atoms with Gasteiger partial charge in [-0.15, -0.1) is 0 Å². The number of rotatable bonds is 4. The summed E-state index contributed by atoms with van der Waals surface area (Å²) in [5.74, 6) is 1.11. The van der Waals surface area contributed by atoms with E-state index in [9.17, 15) is 0 Å². The Hall–Kier alpha value is -1.60. The normalized spacial score (nSPS) is 13.8. The maximum atomic E-state index is 15.9. The molecule has 0 unspecified atom stereocenters. The molecular weight excluding hydrogens is 430 g/mol. The van der Waals surface area contributed by atoms with Crippen molar-refractivity contribution in [2.45, 2.75) is 105 Å². The fourth-order valence-corrected chi connectivity index (χ4v) is 4.75. The van der Waals surface area contributed by atoms with Gasteiger partial charge in [0.15, 0.2) is 18.2 Å². The molecule has 0 saturated carbocycles. The van der Waals surface area contributed by atoms with E-state index >= 15 is 4.20 Å². The first-order valence-corrected chi connectivity index (χ1v) is 13.8. The number of hydrogen-bond acceptors (Lipinski definition) is 2. The lowest BCUT2D eigenvalue weighted by Crippen LogP contribution is -2.19. The van der Waals surface area contributed by atoms with Crippen molar-refractivity contribution in [3.63, 3.8) is 0 Å². The van der Waals surface area contributed by atoms with Crippen molar-refractivity contribution < 1.29 is 13.2 Å². The third-order valence-electron chi connectivity index (χ3n) is 5.83.